The number of nitrogens with zero attached hydrogens (tertiary/aromatic N) is 1. The number of hydrogen-bond donors (Lipinski definition) is 3. The highest BCUT2D eigenvalue weighted by atomic mass is 16.4. The predicted octanol–water partition coefficient (Wildman–Crippen LogP) is 1.92. The molecule has 0 bridgehead atoms. The molecule has 2 aromatic heterocycles. The maximum atomic E-state index is 12.1. The molecule has 0 spiro atoms. The molecule has 0 aliphatic heterocycles. The molecule has 3 N–H and O–H groups in total. The van der Waals surface area contributed by atoms with Crippen molar-refractivity contribution in [3.8, 4) is 0 Å². The van der Waals surface area contributed by atoms with E-state index in [1.54, 1.807) is 24.6 Å². The number of nitrogens with one attached hydrogen (secondary N) is 2. The molecule has 100 valence electrons. The van der Waals surface area contributed by atoms with E-state index in [2.05, 4.69) is 10.3 Å². The van der Waals surface area contributed by atoms with E-state index in [1.807, 2.05) is 13.0 Å². The highest BCUT2D eigenvalue weighted by Crippen LogP contribution is 2.20. The fraction of sp³-hybridized carbons (Fsp3) is 0.231. The van der Waals surface area contributed by atoms with Crippen molar-refractivity contribution in [2.24, 2.45) is 7.05 Å². The molecule has 19 heavy (non-hydrogen) atoms. The first kappa shape index (κ1) is 12.9. The molecule has 0 aliphatic rings. The molecule has 0 aromatic carbocycles. The second-order valence-corrected chi connectivity index (χ2v) is 4.38. The summed E-state index contributed by atoms with van der Waals surface area (Å²) in [4.78, 5) is 26.0. The van der Waals surface area contributed by atoms with Gasteiger partial charge in [0.05, 0.1) is 5.69 Å². The van der Waals surface area contributed by atoms with Gasteiger partial charge in [0.15, 0.2) is 0 Å². The van der Waals surface area contributed by atoms with Gasteiger partial charge < -0.3 is 20.0 Å². The molecule has 0 aliphatic carbocycles. The van der Waals surface area contributed by atoms with Crippen molar-refractivity contribution < 1.29 is 14.7 Å². The van der Waals surface area contributed by atoms with Gasteiger partial charge in [0.25, 0.3) is 5.91 Å². The van der Waals surface area contributed by atoms with Crippen LogP contribution in [0, 0.1) is 13.8 Å². The van der Waals surface area contributed by atoms with Crippen LogP contribution in [0.5, 0.6) is 0 Å². The fourth-order valence-corrected chi connectivity index (χ4v) is 1.93. The van der Waals surface area contributed by atoms with Crippen molar-refractivity contribution in [2.45, 2.75) is 13.8 Å². The van der Waals surface area contributed by atoms with Gasteiger partial charge in [-0.1, -0.05) is 0 Å². The highest BCUT2D eigenvalue weighted by molar-refractivity contribution is 6.07. The molecule has 2 aromatic rings. The zero-order valence-corrected chi connectivity index (χ0v) is 10.9. The molecule has 0 atom stereocenters. The molecule has 2 heterocycles. The van der Waals surface area contributed by atoms with Gasteiger partial charge in [-0.2, -0.15) is 0 Å². The molecular formula is C13H15N3O3. The van der Waals surface area contributed by atoms with E-state index in [1.165, 1.54) is 6.20 Å². The third-order valence-corrected chi connectivity index (χ3v) is 3.14. The van der Waals surface area contributed by atoms with Crippen molar-refractivity contribution >= 4 is 17.6 Å². The number of hydrogen-bond acceptors (Lipinski definition) is 2. The van der Waals surface area contributed by atoms with E-state index in [9.17, 15) is 9.59 Å². The van der Waals surface area contributed by atoms with Gasteiger partial charge in [-0.15, -0.1) is 0 Å². The number of amides is 1. The molecule has 0 saturated carbocycles. The maximum absolute atomic E-state index is 12.1. The Morgan fingerprint density at radius 3 is 2.53 bits per heavy atom. The number of rotatable bonds is 3. The SMILES string of the molecule is Cc1[nH]cc(NC(=O)c2ccc(C)n2C)c1C(=O)O. The van der Waals surface area contributed by atoms with Crippen LogP contribution in [0.2, 0.25) is 0 Å². The van der Waals surface area contributed by atoms with Crippen LogP contribution in [0.15, 0.2) is 18.3 Å². The largest absolute Gasteiger partial charge is 0.478 e. The van der Waals surface area contributed by atoms with Crippen molar-refractivity contribution in [2.75, 3.05) is 5.32 Å². The van der Waals surface area contributed by atoms with E-state index >= 15 is 0 Å². The molecule has 2 rings (SSSR count). The Bertz CT molecular complexity index is 652. The summed E-state index contributed by atoms with van der Waals surface area (Å²) in [5.74, 6) is -1.41. The topological polar surface area (TPSA) is 87.1 Å². The lowest BCUT2D eigenvalue weighted by Gasteiger charge is -2.06. The van der Waals surface area contributed by atoms with Crippen LogP contribution >= 0.6 is 0 Å². The Kier molecular flexibility index (Phi) is 3.16. The second kappa shape index (κ2) is 4.64. The minimum Gasteiger partial charge on any atom is -0.478 e. The Morgan fingerprint density at radius 1 is 1.32 bits per heavy atom. The van der Waals surface area contributed by atoms with E-state index in [4.69, 9.17) is 5.11 Å². The Labute approximate surface area is 110 Å². The maximum Gasteiger partial charge on any atom is 0.339 e. The van der Waals surface area contributed by atoms with Crippen molar-refractivity contribution in [1.82, 2.24) is 9.55 Å². The smallest absolute Gasteiger partial charge is 0.339 e. The lowest BCUT2D eigenvalue weighted by molar-refractivity contribution is 0.0697. The van der Waals surface area contributed by atoms with Crippen molar-refractivity contribution in [3.05, 3.63) is 41.0 Å². The molecule has 6 nitrogen and oxygen atoms in total. The van der Waals surface area contributed by atoms with Crippen molar-refractivity contribution in [1.29, 1.82) is 0 Å². The van der Waals surface area contributed by atoms with Gasteiger partial charge in [-0.3, -0.25) is 4.79 Å². The Hall–Kier alpha value is -2.50. The number of H-pyrrole nitrogens is 1. The van der Waals surface area contributed by atoms with Crippen LogP contribution in [0.1, 0.15) is 32.2 Å². The summed E-state index contributed by atoms with van der Waals surface area (Å²) in [5.41, 5.74) is 2.29. The Morgan fingerprint density at radius 2 is 2.00 bits per heavy atom. The third-order valence-electron chi connectivity index (χ3n) is 3.14. The predicted molar refractivity (Wildman–Crippen MR) is 70.6 cm³/mol. The van der Waals surface area contributed by atoms with Crippen LogP contribution in [0.25, 0.3) is 0 Å². The van der Waals surface area contributed by atoms with E-state index in [-0.39, 0.29) is 17.2 Å². The lowest BCUT2D eigenvalue weighted by Crippen LogP contribution is -2.17. The summed E-state index contributed by atoms with van der Waals surface area (Å²) >= 11 is 0. The zero-order chi connectivity index (χ0) is 14.2. The first-order valence-electron chi connectivity index (χ1n) is 5.76. The minimum atomic E-state index is -1.07. The number of aromatic amines is 1. The first-order chi connectivity index (χ1) is 8.91. The van der Waals surface area contributed by atoms with E-state index < -0.39 is 5.97 Å². The third kappa shape index (κ3) is 2.24. The number of carboxylic acid groups (broad SMARTS) is 1. The number of carboxylic acids is 1. The first-order valence-corrected chi connectivity index (χ1v) is 5.76. The summed E-state index contributed by atoms with van der Waals surface area (Å²) < 4.78 is 1.75. The van der Waals surface area contributed by atoms with Crippen LogP contribution in [0.4, 0.5) is 5.69 Å². The summed E-state index contributed by atoms with van der Waals surface area (Å²) in [5, 5.41) is 11.7. The normalized spacial score (nSPS) is 10.5. The number of carbonyl (C=O) groups is 2. The monoisotopic (exact) mass is 261 g/mol. The highest BCUT2D eigenvalue weighted by Gasteiger charge is 2.19. The number of carbonyl (C=O) groups excluding carboxylic acids is 1. The average Bonchev–Trinajstić information content (AvgIpc) is 2.84. The van der Waals surface area contributed by atoms with Crippen LogP contribution in [-0.2, 0) is 7.05 Å². The molecule has 0 saturated heterocycles. The van der Waals surface area contributed by atoms with Gasteiger partial charge in [-0.05, 0) is 26.0 Å². The van der Waals surface area contributed by atoms with E-state index in [0.29, 0.717) is 11.4 Å². The Balaban J connectivity index is 2.30. The fourth-order valence-electron chi connectivity index (χ4n) is 1.93. The lowest BCUT2D eigenvalue weighted by atomic mass is 10.2. The number of aryl methyl sites for hydroxylation is 2. The summed E-state index contributed by atoms with van der Waals surface area (Å²) in [6, 6.07) is 3.53. The minimum absolute atomic E-state index is 0.0827. The van der Waals surface area contributed by atoms with Gasteiger partial charge in [0.1, 0.15) is 11.3 Å². The van der Waals surface area contributed by atoms with E-state index in [0.717, 1.165) is 5.69 Å². The second-order valence-electron chi connectivity index (χ2n) is 4.38. The van der Waals surface area contributed by atoms with Crippen LogP contribution < -0.4 is 5.32 Å². The standard InChI is InChI=1S/C13H15N3O3/c1-7-4-5-10(16(7)3)12(17)15-9-6-14-8(2)11(9)13(18)19/h4-6,14H,1-3H3,(H,15,17)(H,18,19). The van der Waals surface area contributed by atoms with Crippen LogP contribution in [-0.4, -0.2) is 26.5 Å². The zero-order valence-electron chi connectivity index (χ0n) is 10.9. The molecule has 0 unspecified atom stereocenters. The summed E-state index contributed by atoms with van der Waals surface area (Å²) in [7, 11) is 1.78. The van der Waals surface area contributed by atoms with Gasteiger partial charge in [0, 0.05) is 24.6 Å². The summed E-state index contributed by atoms with van der Waals surface area (Å²) in [6.45, 7) is 3.53. The molecule has 0 fully saturated rings. The molecule has 6 heteroatoms. The van der Waals surface area contributed by atoms with Gasteiger partial charge in [-0.25, -0.2) is 4.79 Å². The van der Waals surface area contributed by atoms with Crippen molar-refractivity contribution in [3.63, 3.8) is 0 Å². The van der Waals surface area contributed by atoms with Gasteiger partial charge >= 0.3 is 5.97 Å². The number of anilines is 1. The van der Waals surface area contributed by atoms with Crippen LogP contribution in [0.3, 0.4) is 0 Å². The summed E-state index contributed by atoms with van der Waals surface area (Å²) in [6.07, 6.45) is 1.48. The number of aromatic carboxylic acids is 1. The van der Waals surface area contributed by atoms with Gasteiger partial charge in [0.2, 0.25) is 0 Å². The quantitative estimate of drug-likeness (QED) is 0.788. The number of aromatic nitrogens is 2. The molecular weight excluding hydrogens is 246 g/mol. The molecule has 1 amide bonds. The molecule has 0 radical (unpaired) electrons. The average molecular weight is 261 g/mol.